The van der Waals surface area contributed by atoms with Crippen molar-refractivity contribution in [2.45, 2.75) is 68.3 Å². The van der Waals surface area contributed by atoms with Crippen molar-refractivity contribution in [3.05, 3.63) is 60.2 Å². The van der Waals surface area contributed by atoms with E-state index in [1.54, 1.807) is 21.6 Å². The predicted molar refractivity (Wildman–Crippen MR) is 144 cm³/mol. The van der Waals surface area contributed by atoms with E-state index in [0.29, 0.717) is 26.1 Å². The van der Waals surface area contributed by atoms with Gasteiger partial charge in [-0.15, -0.1) is 11.8 Å². The second-order valence-electron chi connectivity index (χ2n) is 11.1. The lowest BCUT2D eigenvalue weighted by atomic mass is 9.74. The highest BCUT2D eigenvalue weighted by Crippen LogP contribution is 2.66. The third-order valence-electron chi connectivity index (χ3n) is 8.52. The number of benzene rings is 1. The van der Waals surface area contributed by atoms with Gasteiger partial charge in [-0.1, -0.05) is 61.6 Å². The van der Waals surface area contributed by atoms with Gasteiger partial charge in [0.15, 0.2) is 0 Å². The van der Waals surface area contributed by atoms with Crippen molar-refractivity contribution in [3.8, 4) is 0 Å². The Kier molecular flexibility index (Phi) is 6.77. The molecule has 4 heterocycles. The molecule has 198 valence electrons. The standard InChI is InChI=1S/C29H37N3O4S/c1-5-21(18-33)32-24-27(36)31(19(2)3)16-10-14-29(24)23(26(32)35)22-25(34)30(15-9-13-28(22,4)37-29)17-20-11-7-6-8-12-20/h6-14,19,21-24,33H,5,15-18H2,1-4H3/t21-,22-,23-,24?,28+,29-/m0/s1. The number of carbonyl (C=O) groups is 3. The second-order valence-corrected chi connectivity index (χ2v) is 12.9. The van der Waals surface area contributed by atoms with Crippen LogP contribution < -0.4 is 0 Å². The van der Waals surface area contributed by atoms with Gasteiger partial charge in [-0.2, -0.15) is 0 Å². The minimum atomic E-state index is -0.879. The predicted octanol–water partition coefficient (Wildman–Crippen LogP) is 2.85. The van der Waals surface area contributed by atoms with Crippen LogP contribution in [0.4, 0.5) is 0 Å². The van der Waals surface area contributed by atoms with Gasteiger partial charge in [-0.3, -0.25) is 14.4 Å². The first-order valence-corrected chi connectivity index (χ1v) is 14.1. The van der Waals surface area contributed by atoms with Crippen molar-refractivity contribution in [3.63, 3.8) is 0 Å². The summed E-state index contributed by atoms with van der Waals surface area (Å²) in [6, 6.07) is 8.61. The molecule has 0 aliphatic carbocycles. The smallest absolute Gasteiger partial charge is 0.247 e. The Morgan fingerprint density at radius 2 is 1.70 bits per heavy atom. The Balaban J connectivity index is 1.62. The van der Waals surface area contributed by atoms with E-state index in [2.05, 4.69) is 6.08 Å². The van der Waals surface area contributed by atoms with Gasteiger partial charge in [0.1, 0.15) is 6.04 Å². The molecule has 1 N–H and O–H groups in total. The summed E-state index contributed by atoms with van der Waals surface area (Å²) in [6.07, 6.45) is 8.69. The Morgan fingerprint density at radius 3 is 2.35 bits per heavy atom. The number of hydrogen-bond acceptors (Lipinski definition) is 5. The van der Waals surface area contributed by atoms with E-state index in [0.717, 1.165) is 5.56 Å². The average Bonchev–Trinajstić information content (AvgIpc) is 3.14. The third-order valence-corrected chi connectivity index (χ3v) is 10.3. The lowest BCUT2D eigenvalue weighted by Gasteiger charge is -2.40. The first-order chi connectivity index (χ1) is 17.7. The van der Waals surface area contributed by atoms with E-state index >= 15 is 0 Å². The highest BCUT2D eigenvalue weighted by molar-refractivity contribution is 8.02. The largest absolute Gasteiger partial charge is 0.394 e. The lowest BCUT2D eigenvalue weighted by molar-refractivity contribution is -0.148. The van der Waals surface area contributed by atoms with Crippen molar-refractivity contribution in [2.75, 3.05) is 19.7 Å². The Hall–Kier alpha value is -2.58. The third kappa shape index (κ3) is 3.95. The molecule has 0 aromatic heterocycles. The van der Waals surface area contributed by atoms with Gasteiger partial charge in [-0.25, -0.2) is 0 Å². The number of nitrogens with zero attached hydrogens (tertiary/aromatic N) is 3. The fraction of sp³-hybridized carbons (Fsp3) is 0.552. The monoisotopic (exact) mass is 523 g/mol. The molecule has 5 rings (SSSR count). The van der Waals surface area contributed by atoms with Gasteiger partial charge in [0, 0.05) is 30.4 Å². The van der Waals surface area contributed by atoms with Gasteiger partial charge < -0.3 is 19.8 Å². The number of thioether (sulfide) groups is 1. The summed E-state index contributed by atoms with van der Waals surface area (Å²) in [6.45, 7) is 9.10. The molecule has 0 bridgehead atoms. The van der Waals surface area contributed by atoms with E-state index in [1.165, 1.54) is 0 Å². The number of hydrogen-bond donors (Lipinski definition) is 1. The molecular weight excluding hydrogens is 486 g/mol. The minimum absolute atomic E-state index is 0.0344. The van der Waals surface area contributed by atoms with Gasteiger partial charge >= 0.3 is 0 Å². The summed E-state index contributed by atoms with van der Waals surface area (Å²) in [5.74, 6) is -1.65. The van der Waals surface area contributed by atoms with Crippen LogP contribution in [0.1, 0.15) is 39.7 Å². The lowest BCUT2D eigenvalue weighted by Crippen LogP contribution is -2.57. The SMILES string of the molecule is CC[C@@H](CO)N1C(=O)[C@@H]2[C@H]3C(=O)N(Cc4ccccc4)CC=C[C@@]3(C)S[C@@]23C=CCN(C(C)C)C(=O)C13. The van der Waals surface area contributed by atoms with E-state index in [4.69, 9.17) is 0 Å². The molecule has 2 fully saturated rings. The van der Waals surface area contributed by atoms with Crippen LogP contribution in [-0.4, -0.2) is 84.8 Å². The van der Waals surface area contributed by atoms with Crippen LogP contribution in [0.15, 0.2) is 54.6 Å². The second kappa shape index (κ2) is 9.62. The molecular formula is C29H37N3O4S. The maximum atomic E-state index is 14.4. The number of amides is 3. The van der Waals surface area contributed by atoms with Crippen molar-refractivity contribution in [1.82, 2.24) is 14.7 Å². The van der Waals surface area contributed by atoms with Gasteiger partial charge in [-0.05, 0) is 32.8 Å². The maximum absolute atomic E-state index is 14.4. The fourth-order valence-electron chi connectivity index (χ4n) is 6.75. The Morgan fingerprint density at radius 1 is 1.00 bits per heavy atom. The molecule has 0 radical (unpaired) electrons. The zero-order valence-corrected chi connectivity index (χ0v) is 22.9. The molecule has 1 unspecified atom stereocenters. The van der Waals surface area contributed by atoms with Crippen LogP contribution in [0.2, 0.25) is 0 Å². The normalized spacial score (nSPS) is 33.9. The molecule has 4 aliphatic heterocycles. The van der Waals surface area contributed by atoms with Crippen LogP contribution in [0.5, 0.6) is 0 Å². The van der Waals surface area contributed by atoms with Crippen LogP contribution in [0.3, 0.4) is 0 Å². The summed E-state index contributed by atoms with van der Waals surface area (Å²) in [5, 5.41) is 10.2. The maximum Gasteiger partial charge on any atom is 0.247 e. The number of aliphatic hydroxyl groups is 1. The molecule has 8 heteroatoms. The first-order valence-electron chi connectivity index (χ1n) is 13.3. The van der Waals surface area contributed by atoms with E-state index < -0.39 is 33.4 Å². The molecule has 7 nitrogen and oxygen atoms in total. The summed E-state index contributed by atoms with van der Waals surface area (Å²) in [4.78, 5) is 48.1. The minimum Gasteiger partial charge on any atom is -0.394 e. The zero-order chi connectivity index (χ0) is 26.5. The fourth-order valence-corrected chi connectivity index (χ4v) is 8.89. The van der Waals surface area contributed by atoms with E-state index in [-0.39, 0.29) is 30.4 Å². The molecule has 0 saturated carbocycles. The van der Waals surface area contributed by atoms with Gasteiger partial charge in [0.25, 0.3) is 0 Å². The van der Waals surface area contributed by atoms with E-state index in [9.17, 15) is 19.5 Å². The zero-order valence-electron chi connectivity index (χ0n) is 22.0. The van der Waals surface area contributed by atoms with Crippen molar-refractivity contribution in [2.24, 2.45) is 11.8 Å². The van der Waals surface area contributed by atoms with Crippen molar-refractivity contribution in [1.29, 1.82) is 0 Å². The van der Waals surface area contributed by atoms with Gasteiger partial charge in [0.2, 0.25) is 17.7 Å². The number of aliphatic hydroxyl groups excluding tert-OH is 1. The highest BCUT2D eigenvalue weighted by atomic mass is 32.2. The molecule has 6 atom stereocenters. The Bertz CT molecular complexity index is 1130. The van der Waals surface area contributed by atoms with Crippen molar-refractivity contribution < 1.29 is 19.5 Å². The summed E-state index contributed by atoms with van der Waals surface area (Å²) in [5.41, 5.74) is 1.04. The van der Waals surface area contributed by atoms with Gasteiger partial charge in [0.05, 0.1) is 29.2 Å². The van der Waals surface area contributed by atoms with Crippen molar-refractivity contribution >= 4 is 29.5 Å². The molecule has 4 aliphatic rings. The first kappa shape index (κ1) is 26.0. The Labute approximate surface area is 223 Å². The number of carbonyl (C=O) groups excluding carboxylic acids is 3. The highest BCUT2D eigenvalue weighted by Gasteiger charge is 2.74. The number of likely N-dealkylation sites (tertiary alicyclic amines) is 1. The quantitative estimate of drug-likeness (QED) is 0.580. The molecule has 1 aromatic carbocycles. The summed E-state index contributed by atoms with van der Waals surface area (Å²) >= 11 is 1.59. The number of fused-ring (bicyclic) bond motifs is 2. The van der Waals surface area contributed by atoms with Crippen LogP contribution in [0.25, 0.3) is 0 Å². The molecule has 2 saturated heterocycles. The van der Waals surface area contributed by atoms with Crippen LogP contribution in [-0.2, 0) is 20.9 Å². The summed E-state index contributed by atoms with van der Waals surface area (Å²) < 4.78 is -1.51. The molecule has 37 heavy (non-hydrogen) atoms. The number of rotatable bonds is 6. The molecule has 3 amide bonds. The van der Waals surface area contributed by atoms with Crippen LogP contribution >= 0.6 is 11.8 Å². The molecule has 1 spiro atoms. The summed E-state index contributed by atoms with van der Waals surface area (Å²) in [7, 11) is 0. The molecule has 1 aromatic rings. The van der Waals surface area contributed by atoms with E-state index in [1.807, 2.05) is 81.2 Å². The van der Waals surface area contributed by atoms with Crippen LogP contribution in [0, 0.1) is 11.8 Å². The average molecular weight is 524 g/mol. The topological polar surface area (TPSA) is 81.2 Å².